The Labute approximate surface area is 118 Å². The van der Waals surface area contributed by atoms with E-state index < -0.39 is 10.7 Å². The normalized spacial score (nSPS) is 11.4. The van der Waals surface area contributed by atoms with Crippen molar-refractivity contribution in [1.29, 1.82) is 0 Å². The van der Waals surface area contributed by atoms with Crippen LogP contribution in [0.1, 0.15) is 27.7 Å². The third kappa shape index (κ3) is 4.45. The summed E-state index contributed by atoms with van der Waals surface area (Å²) in [5, 5.41) is 13.8. The van der Waals surface area contributed by atoms with Crippen LogP contribution in [0, 0.1) is 15.9 Å². The van der Waals surface area contributed by atoms with E-state index in [9.17, 15) is 14.5 Å². The molecular formula is C14H22FN3O2. The Kier molecular flexibility index (Phi) is 5.88. The van der Waals surface area contributed by atoms with E-state index in [-0.39, 0.29) is 11.4 Å². The second-order valence-electron chi connectivity index (χ2n) is 5.27. The number of nitrogens with one attached hydrogen (secondary N) is 1. The molecule has 0 spiro atoms. The highest BCUT2D eigenvalue weighted by Gasteiger charge is 2.16. The van der Waals surface area contributed by atoms with Gasteiger partial charge in [0, 0.05) is 37.3 Å². The Morgan fingerprint density at radius 3 is 2.40 bits per heavy atom. The van der Waals surface area contributed by atoms with Crippen molar-refractivity contribution >= 4 is 11.4 Å². The highest BCUT2D eigenvalue weighted by atomic mass is 19.1. The third-order valence-electron chi connectivity index (χ3n) is 3.17. The van der Waals surface area contributed by atoms with Crippen LogP contribution in [-0.2, 0) is 0 Å². The molecule has 0 aliphatic carbocycles. The van der Waals surface area contributed by atoms with Crippen LogP contribution in [-0.4, -0.2) is 35.0 Å². The molecule has 0 aliphatic heterocycles. The number of nitro benzene ring substituents is 1. The molecule has 0 aromatic heterocycles. The van der Waals surface area contributed by atoms with Crippen LogP contribution in [0.25, 0.3) is 0 Å². The van der Waals surface area contributed by atoms with Crippen molar-refractivity contribution in [3.05, 3.63) is 34.1 Å². The SMILES string of the molecule is CC(C)N(CCNc1cc(F)ccc1[N+](=O)[O-])C(C)C. The van der Waals surface area contributed by atoms with Gasteiger partial charge in [0.05, 0.1) is 4.92 Å². The Bertz CT molecular complexity index is 456. The van der Waals surface area contributed by atoms with Gasteiger partial charge in [-0.2, -0.15) is 0 Å². The molecule has 0 atom stereocenters. The van der Waals surface area contributed by atoms with Crippen molar-refractivity contribution < 1.29 is 9.31 Å². The van der Waals surface area contributed by atoms with Crippen LogP contribution in [0.15, 0.2) is 18.2 Å². The third-order valence-corrected chi connectivity index (χ3v) is 3.17. The molecule has 20 heavy (non-hydrogen) atoms. The minimum atomic E-state index is -0.509. The number of nitro groups is 1. The van der Waals surface area contributed by atoms with Gasteiger partial charge in [-0.3, -0.25) is 15.0 Å². The summed E-state index contributed by atoms with van der Waals surface area (Å²) in [4.78, 5) is 12.6. The summed E-state index contributed by atoms with van der Waals surface area (Å²) in [7, 11) is 0. The summed E-state index contributed by atoms with van der Waals surface area (Å²) in [5.74, 6) is -0.484. The first-order chi connectivity index (χ1) is 9.32. The van der Waals surface area contributed by atoms with Crippen LogP contribution in [0.2, 0.25) is 0 Å². The molecule has 0 saturated heterocycles. The lowest BCUT2D eigenvalue weighted by Crippen LogP contribution is -2.40. The quantitative estimate of drug-likeness (QED) is 0.616. The van der Waals surface area contributed by atoms with E-state index in [0.29, 0.717) is 18.6 Å². The molecule has 0 heterocycles. The first-order valence-electron chi connectivity index (χ1n) is 6.76. The second-order valence-corrected chi connectivity index (χ2v) is 5.27. The van der Waals surface area contributed by atoms with E-state index in [0.717, 1.165) is 18.7 Å². The average Bonchev–Trinajstić information content (AvgIpc) is 2.33. The van der Waals surface area contributed by atoms with E-state index in [1.54, 1.807) is 0 Å². The minimum Gasteiger partial charge on any atom is -0.378 e. The van der Waals surface area contributed by atoms with Crippen molar-refractivity contribution in [3.63, 3.8) is 0 Å². The molecule has 112 valence electrons. The van der Waals surface area contributed by atoms with Crippen molar-refractivity contribution in [3.8, 4) is 0 Å². The van der Waals surface area contributed by atoms with E-state index in [2.05, 4.69) is 37.9 Å². The zero-order valence-electron chi connectivity index (χ0n) is 12.4. The van der Waals surface area contributed by atoms with Gasteiger partial charge in [0.2, 0.25) is 0 Å². The number of hydrogen-bond donors (Lipinski definition) is 1. The number of hydrogen-bond acceptors (Lipinski definition) is 4. The zero-order valence-corrected chi connectivity index (χ0v) is 12.4. The average molecular weight is 283 g/mol. The zero-order chi connectivity index (χ0) is 15.3. The van der Waals surface area contributed by atoms with Gasteiger partial charge in [-0.25, -0.2) is 4.39 Å². The standard InChI is InChI=1S/C14H22FN3O2/c1-10(2)17(11(3)4)8-7-16-13-9-12(15)5-6-14(13)18(19)20/h5-6,9-11,16H,7-8H2,1-4H3. The molecule has 0 fully saturated rings. The van der Waals surface area contributed by atoms with Gasteiger partial charge in [0.25, 0.3) is 5.69 Å². The summed E-state index contributed by atoms with van der Waals surface area (Å²) in [6.45, 7) is 9.67. The highest BCUT2D eigenvalue weighted by Crippen LogP contribution is 2.24. The van der Waals surface area contributed by atoms with Crippen molar-refractivity contribution in [2.45, 2.75) is 39.8 Å². The van der Waals surface area contributed by atoms with Gasteiger partial charge >= 0.3 is 0 Å². The molecule has 0 unspecified atom stereocenters. The number of nitrogens with zero attached hydrogens (tertiary/aromatic N) is 2. The number of benzene rings is 1. The van der Waals surface area contributed by atoms with Gasteiger partial charge in [0.1, 0.15) is 11.5 Å². The molecule has 5 nitrogen and oxygen atoms in total. The summed E-state index contributed by atoms with van der Waals surface area (Å²) >= 11 is 0. The smallest absolute Gasteiger partial charge is 0.292 e. The molecule has 1 N–H and O–H groups in total. The van der Waals surface area contributed by atoms with Gasteiger partial charge in [0.15, 0.2) is 0 Å². The highest BCUT2D eigenvalue weighted by molar-refractivity contribution is 5.61. The van der Waals surface area contributed by atoms with Crippen LogP contribution in [0.3, 0.4) is 0 Å². The van der Waals surface area contributed by atoms with Crippen molar-refractivity contribution in [2.75, 3.05) is 18.4 Å². The first kappa shape index (κ1) is 16.4. The summed E-state index contributed by atoms with van der Waals surface area (Å²) < 4.78 is 13.2. The van der Waals surface area contributed by atoms with E-state index >= 15 is 0 Å². The van der Waals surface area contributed by atoms with E-state index in [1.165, 1.54) is 6.07 Å². The van der Waals surface area contributed by atoms with Crippen LogP contribution in [0.5, 0.6) is 0 Å². The summed E-state index contributed by atoms with van der Waals surface area (Å²) in [6, 6.07) is 4.21. The lowest BCUT2D eigenvalue weighted by Gasteiger charge is -2.30. The minimum absolute atomic E-state index is 0.105. The number of rotatable bonds is 7. The number of halogens is 1. The molecule has 0 aliphatic rings. The molecule has 1 aromatic rings. The van der Waals surface area contributed by atoms with E-state index in [4.69, 9.17) is 0 Å². The predicted molar refractivity (Wildman–Crippen MR) is 78.5 cm³/mol. The monoisotopic (exact) mass is 283 g/mol. The lowest BCUT2D eigenvalue weighted by molar-refractivity contribution is -0.384. The van der Waals surface area contributed by atoms with Crippen LogP contribution >= 0.6 is 0 Å². The fourth-order valence-electron chi connectivity index (χ4n) is 2.24. The predicted octanol–water partition coefficient (Wildman–Crippen LogP) is 3.26. The van der Waals surface area contributed by atoms with Gasteiger partial charge in [-0.1, -0.05) is 0 Å². The Morgan fingerprint density at radius 2 is 1.90 bits per heavy atom. The molecule has 0 radical (unpaired) electrons. The largest absolute Gasteiger partial charge is 0.378 e. The molecule has 1 rings (SSSR count). The van der Waals surface area contributed by atoms with Gasteiger partial charge < -0.3 is 5.32 Å². The fraction of sp³-hybridized carbons (Fsp3) is 0.571. The molecular weight excluding hydrogens is 261 g/mol. The topological polar surface area (TPSA) is 58.4 Å². The van der Waals surface area contributed by atoms with Crippen molar-refractivity contribution in [2.24, 2.45) is 0 Å². The van der Waals surface area contributed by atoms with Crippen LogP contribution < -0.4 is 5.32 Å². The van der Waals surface area contributed by atoms with Gasteiger partial charge in [-0.15, -0.1) is 0 Å². The molecule has 0 bridgehead atoms. The maximum absolute atomic E-state index is 13.2. The molecule has 0 amide bonds. The Morgan fingerprint density at radius 1 is 1.30 bits per heavy atom. The second kappa shape index (κ2) is 7.19. The summed E-state index contributed by atoms with van der Waals surface area (Å²) in [6.07, 6.45) is 0. The first-order valence-corrected chi connectivity index (χ1v) is 6.76. The lowest BCUT2D eigenvalue weighted by atomic mass is 10.2. The molecule has 6 heteroatoms. The summed E-state index contributed by atoms with van der Waals surface area (Å²) in [5.41, 5.74) is 0.120. The molecule has 1 aromatic carbocycles. The maximum atomic E-state index is 13.2. The van der Waals surface area contributed by atoms with Crippen LogP contribution in [0.4, 0.5) is 15.8 Å². The van der Waals surface area contributed by atoms with Gasteiger partial charge in [-0.05, 0) is 33.8 Å². The Hall–Kier alpha value is -1.69. The van der Waals surface area contributed by atoms with Crippen molar-refractivity contribution in [1.82, 2.24) is 4.90 Å². The van der Waals surface area contributed by atoms with E-state index in [1.807, 2.05) is 0 Å². The number of anilines is 1. The maximum Gasteiger partial charge on any atom is 0.292 e. The fourth-order valence-corrected chi connectivity index (χ4v) is 2.24. The molecule has 0 saturated carbocycles. The Balaban J connectivity index is 2.70.